The molecule has 1 saturated carbocycles. The van der Waals surface area contributed by atoms with Crippen LogP contribution in [0.1, 0.15) is 78.7 Å². The largest absolute Gasteiger partial charge is 0.444 e. The third kappa shape index (κ3) is 9.95. The van der Waals surface area contributed by atoms with Crippen molar-refractivity contribution >= 4 is 33.3 Å². The summed E-state index contributed by atoms with van der Waals surface area (Å²) in [4.78, 5) is 27.5. The van der Waals surface area contributed by atoms with E-state index in [0.717, 1.165) is 37.7 Å². The first kappa shape index (κ1) is 32.2. The molecule has 40 heavy (non-hydrogen) atoms. The Bertz CT molecular complexity index is 1230. The van der Waals surface area contributed by atoms with Crippen molar-refractivity contribution in [2.75, 3.05) is 12.8 Å². The SMILES string of the molecule is CC(=O)N(CCc1cccc(S(C)(=N)=O)c1)C1CCC(C(CC2=CC=CC(C)(Cl)C2)NC(=O)OC(C)(C)C)CC1. The second-order valence-electron chi connectivity index (χ2n) is 12.6. The predicted molar refractivity (Wildman–Crippen MR) is 162 cm³/mol. The van der Waals surface area contributed by atoms with Crippen molar-refractivity contribution in [3.05, 3.63) is 53.6 Å². The van der Waals surface area contributed by atoms with Gasteiger partial charge in [-0.3, -0.25) is 4.79 Å². The Kier molecular flexibility index (Phi) is 10.6. The van der Waals surface area contributed by atoms with Crippen LogP contribution in [-0.2, 0) is 25.7 Å². The number of ether oxygens (including phenoxy) is 1. The third-order valence-corrected chi connectivity index (χ3v) is 9.09. The molecule has 3 rings (SSSR count). The van der Waals surface area contributed by atoms with Crippen LogP contribution in [0.25, 0.3) is 0 Å². The summed E-state index contributed by atoms with van der Waals surface area (Å²) in [5, 5.41) is 3.16. The molecule has 9 heteroatoms. The van der Waals surface area contributed by atoms with Gasteiger partial charge in [0.05, 0.1) is 14.6 Å². The number of hydrogen-bond acceptors (Lipinski definition) is 5. The quantitative estimate of drug-likeness (QED) is 0.307. The Morgan fingerprint density at radius 2 is 1.93 bits per heavy atom. The van der Waals surface area contributed by atoms with Crippen LogP contribution in [0, 0.1) is 10.7 Å². The summed E-state index contributed by atoms with van der Waals surface area (Å²) in [6.45, 7) is 9.77. The van der Waals surface area contributed by atoms with Crippen molar-refractivity contribution < 1.29 is 18.5 Å². The molecule has 3 unspecified atom stereocenters. The van der Waals surface area contributed by atoms with Gasteiger partial charge in [0.1, 0.15) is 5.60 Å². The molecule has 2 amide bonds. The summed E-state index contributed by atoms with van der Waals surface area (Å²) < 4.78 is 25.6. The van der Waals surface area contributed by atoms with E-state index in [1.54, 1.807) is 13.0 Å². The van der Waals surface area contributed by atoms with Crippen molar-refractivity contribution in [3.8, 4) is 0 Å². The van der Waals surface area contributed by atoms with Crippen LogP contribution in [0.4, 0.5) is 4.79 Å². The van der Waals surface area contributed by atoms with Gasteiger partial charge in [0.2, 0.25) is 5.91 Å². The van der Waals surface area contributed by atoms with Crippen LogP contribution in [0.15, 0.2) is 53.0 Å². The molecule has 7 nitrogen and oxygen atoms in total. The summed E-state index contributed by atoms with van der Waals surface area (Å²) in [5.41, 5.74) is 1.60. The molecule has 1 fully saturated rings. The first-order chi connectivity index (χ1) is 18.5. The van der Waals surface area contributed by atoms with Gasteiger partial charge in [0, 0.05) is 36.7 Å². The summed E-state index contributed by atoms with van der Waals surface area (Å²) in [6, 6.07) is 7.37. The second-order valence-corrected chi connectivity index (χ2v) is 15.6. The maximum atomic E-state index is 12.8. The number of hydrogen-bond donors (Lipinski definition) is 2. The number of nitrogens with zero attached hydrogens (tertiary/aromatic N) is 1. The molecular formula is C31H46ClN3O4S. The average molecular weight is 592 g/mol. The number of allylic oxidation sites excluding steroid dienone is 3. The normalized spacial score (nSPS) is 25.3. The van der Waals surface area contributed by atoms with Crippen molar-refractivity contribution in [1.82, 2.24) is 10.2 Å². The number of halogens is 1. The lowest BCUT2D eigenvalue weighted by molar-refractivity contribution is -0.132. The Labute approximate surface area is 245 Å². The van der Waals surface area contributed by atoms with Gasteiger partial charge in [-0.25, -0.2) is 13.8 Å². The lowest BCUT2D eigenvalue weighted by atomic mass is 9.78. The van der Waals surface area contributed by atoms with Gasteiger partial charge in [-0.2, -0.15) is 0 Å². The highest BCUT2D eigenvalue weighted by Crippen LogP contribution is 2.36. The van der Waals surface area contributed by atoms with Crippen molar-refractivity contribution in [1.29, 1.82) is 4.78 Å². The van der Waals surface area contributed by atoms with E-state index in [0.29, 0.717) is 24.3 Å². The van der Waals surface area contributed by atoms with Crippen molar-refractivity contribution in [3.63, 3.8) is 0 Å². The average Bonchev–Trinajstić information content (AvgIpc) is 2.82. The van der Waals surface area contributed by atoms with Gasteiger partial charge >= 0.3 is 6.09 Å². The first-order valence-corrected chi connectivity index (χ1v) is 16.5. The molecule has 0 saturated heterocycles. The minimum Gasteiger partial charge on any atom is -0.444 e. The molecule has 0 spiro atoms. The zero-order chi connectivity index (χ0) is 29.7. The fourth-order valence-corrected chi connectivity index (χ4v) is 6.73. The molecule has 0 aliphatic heterocycles. The van der Waals surface area contributed by atoms with Crippen molar-refractivity contribution in [2.45, 2.75) is 107 Å². The lowest BCUT2D eigenvalue weighted by Gasteiger charge is -2.40. The number of benzene rings is 1. The molecule has 2 aliphatic rings. The standard InChI is InChI=1S/C31H46ClN3O4S/c1-22(36)35(18-16-23-9-7-11-27(19-23)40(6,33)38)26-14-12-25(13-15-26)28(34-29(37)39-30(2,3)4)20-24-10-8-17-31(5,32)21-24/h7-11,17,19,25-26,28,33H,12-16,18,20-21H2,1-6H3,(H,34,37). The fraction of sp³-hybridized carbons (Fsp3) is 0.613. The molecule has 0 bridgehead atoms. The molecule has 0 radical (unpaired) electrons. The van der Waals surface area contributed by atoms with Crippen LogP contribution in [0.3, 0.4) is 0 Å². The van der Waals surface area contributed by atoms with Gasteiger partial charge in [-0.1, -0.05) is 35.9 Å². The number of rotatable bonds is 9. The molecule has 2 aliphatic carbocycles. The van der Waals surface area contributed by atoms with Gasteiger partial charge in [0.15, 0.2) is 0 Å². The van der Waals surface area contributed by atoms with Gasteiger partial charge in [0.25, 0.3) is 0 Å². The summed E-state index contributed by atoms with van der Waals surface area (Å²) in [7, 11) is -2.79. The zero-order valence-corrected chi connectivity index (χ0v) is 26.4. The molecule has 1 aromatic rings. The molecule has 0 heterocycles. The smallest absolute Gasteiger partial charge is 0.407 e. The number of carbonyl (C=O) groups is 2. The number of alkyl halides is 1. The minimum atomic E-state index is -2.79. The Balaban J connectivity index is 1.66. The Morgan fingerprint density at radius 1 is 1.25 bits per heavy atom. The Hall–Kier alpha value is -2.32. The molecule has 1 aromatic carbocycles. The van der Waals surface area contributed by atoms with Gasteiger partial charge in [-0.15, -0.1) is 11.6 Å². The maximum absolute atomic E-state index is 12.8. The van der Waals surface area contributed by atoms with E-state index in [1.807, 2.05) is 62.9 Å². The predicted octanol–water partition coefficient (Wildman–Crippen LogP) is 6.84. The summed E-state index contributed by atoms with van der Waals surface area (Å²) in [5.74, 6) is 0.306. The Morgan fingerprint density at radius 3 is 2.50 bits per heavy atom. The van der Waals surface area contributed by atoms with Crippen molar-refractivity contribution in [2.24, 2.45) is 5.92 Å². The molecular weight excluding hydrogens is 546 g/mol. The summed E-state index contributed by atoms with van der Waals surface area (Å²) >= 11 is 6.62. The van der Waals surface area contributed by atoms with Crippen LogP contribution in [0.2, 0.25) is 0 Å². The second kappa shape index (κ2) is 13.1. The maximum Gasteiger partial charge on any atom is 0.407 e. The van der Waals surface area contributed by atoms with E-state index < -0.39 is 26.3 Å². The fourth-order valence-electron chi connectivity index (χ4n) is 5.77. The molecule has 3 atom stereocenters. The summed E-state index contributed by atoms with van der Waals surface area (Å²) in [6.07, 6.45) is 12.7. The highest BCUT2D eigenvalue weighted by Gasteiger charge is 2.34. The number of alkyl carbamates (subject to hydrolysis) is 1. The molecule has 0 aromatic heterocycles. The van der Waals surface area contributed by atoms with Crippen LogP contribution < -0.4 is 5.32 Å². The van der Waals surface area contributed by atoms with Gasteiger partial charge in [-0.05, 0) is 96.3 Å². The van der Waals surface area contributed by atoms with Crippen LogP contribution in [-0.4, -0.2) is 56.5 Å². The number of amides is 2. The first-order valence-electron chi connectivity index (χ1n) is 14.2. The van der Waals surface area contributed by atoms with E-state index >= 15 is 0 Å². The number of carbonyl (C=O) groups excluding carboxylic acids is 2. The van der Waals surface area contributed by atoms with E-state index in [2.05, 4.69) is 11.4 Å². The van der Waals surface area contributed by atoms with E-state index in [-0.39, 0.29) is 23.9 Å². The molecule has 2 N–H and O–H groups in total. The minimum absolute atomic E-state index is 0.0448. The van der Waals surface area contributed by atoms with E-state index in [4.69, 9.17) is 21.1 Å². The highest BCUT2D eigenvalue weighted by atomic mass is 35.5. The topological polar surface area (TPSA) is 99.6 Å². The van der Waals surface area contributed by atoms with Crippen LogP contribution in [0.5, 0.6) is 0 Å². The zero-order valence-electron chi connectivity index (χ0n) is 24.8. The van der Waals surface area contributed by atoms with E-state index in [1.165, 1.54) is 11.8 Å². The lowest BCUT2D eigenvalue weighted by Crippen LogP contribution is -2.47. The van der Waals surface area contributed by atoms with Crippen LogP contribution >= 0.6 is 11.6 Å². The molecule has 222 valence electrons. The number of nitrogens with one attached hydrogen (secondary N) is 2. The highest BCUT2D eigenvalue weighted by molar-refractivity contribution is 7.91. The van der Waals surface area contributed by atoms with Gasteiger partial charge < -0.3 is 15.0 Å². The monoisotopic (exact) mass is 591 g/mol. The third-order valence-electron chi connectivity index (χ3n) is 7.68. The van der Waals surface area contributed by atoms with E-state index in [9.17, 15) is 13.8 Å².